The van der Waals surface area contributed by atoms with E-state index in [1.54, 1.807) is 6.92 Å². The Balaban J connectivity index is 2.75. The summed E-state index contributed by atoms with van der Waals surface area (Å²) in [4.78, 5) is 11.2. The van der Waals surface area contributed by atoms with Crippen molar-refractivity contribution in [2.24, 2.45) is 0 Å². The number of carboxylic acid groups (broad SMARTS) is 1. The van der Waals surface area contributed by atoms with Crippen LogP contribution in [0.1, 0.15) is 19.8 Å². The second-order valence-electron chi connectivity index (χ2n) is 5.00. The number of nitrogens with zero attached hydrogens (tertiary/aromatic N) is 1. The van der Waals surface area contributed by atoms with E-state index in [9.17, 15) is 23.4 Å². The van der Waals surface area contributed by atoms with Crippen molar-refractivity contribution >= 4 is 43.6 Å². The van der Waals surface area contributed by atoms with Gasteiger partial charge in [0.25, 0.3) is 0 Å². The Kier molecular flexibility index (Phi) is 4.27. The van der Waals surface area contributed by atoms with Gasteiger partial charge in [-0.3, -0.25) is 0 Å². The Bertz CT molecular complexity index is 708. The molecule has 2 atom stereocenters. The van der Waals surface area contributed by atoms with Crippen molar-refractivity contribution in [3.05, 3.63) is 21.6 Å². The lowest BCUT2D eigenvalue weighted by Gasteiger charge is -2.31. The lowest BCUT2D eigenvalue weighted by Crippen LogP contribution is -2.58. The maximum absolute atomic E-state index is 12.9. The van der Waals surface area contributed by atoms with E-state index in [1.165, 1.54) is 6.07 Å². The van der Waals surface area contributed by atoms with Crippen LogP contribution < -0.4 is 0 Å². The van der Waals surface area contributed by atoms with E-state index in [1.807, 2.05) is 0 Å². The van der Waals surface area contributed by atoms with Crippen molar-refractivity contribution in [1.29, 1.82) is 0 Å². The quantitative estimate of drug-likeness (QED) is 0.745. The lowest BCUT2D eigenvalue weighted by molar-refractivity contribution is -0.741. The predicted octanol–water partition coefficient (Wildman–Crippen LogP) is 3.17. The minimum atomic E-state index is -4.35. The van der Waals surface area contributed by atoms with Crippen LogP contribution >= 0.6 is 27.5 Å². The molecule has 0 radical (unpaired) electrons. The molecular weight excluding hydrogens is 386 g/mol. The number of phenolic OH excluding ortho intramolecular Hbond substituents is 1. The highest BCUT2D eigenvalue weighted by molar-refractivity contribution is 9.10. The number of quaternary nitrogens is 1. The monoisotopic (exact) mass is 398 g/mol. The van der Waals surface area contributed by atoms with Gasteiger partial charge < -0.3 is 10.2 Å². The molecule has 2 N–H and O–H groups in total. The number of phenols is 1. The normalized spacial score (nSPS) is 26.0. The molecule has 9 heteroatoms. The van der Waals surface area contributed by atoms with Gasteiger partial charge in [-0.05, 0) is 35.0 Å². The van der Waals surface area contributed by atoms with E-state index in [2.05, 4.69) is 15.9 Å². The first-order valence-corrected chi connectivity index (χ1v) is 8.80. The molecule has 1 aliphatic rings. The highest BCUT2D eigenvalue weighted by Crippen LogP contribution is 2.42. The van der Waals surface area contributed by atoms with E-state index < -0.39 is 36.7 Å². The topological polar surface area (TPSA) is 91.7 Å². The number of aromatic hydroxyl groups is 1. The van der Waals surface area contributed by atoms with E-state index in [4.69, 9.17) is 11.6 Å². The van der Waals surface area contributed by atoms with Gasteiger partial charge in [0.15, 0.2) is 10.6 Å². The fourth-order valence-corrected chi connectivity index (χ4v) is 5.85. The number of hydrogen-bond acceptors (Lipinski definition) is 4. The molecule has 1 heterocycles. The molecule has 2 rings (SSSR count). The van der Waals surface area contributed by atoms with Crippen LogP contribution in [-0.2, 0) is 10.0 Å². The summed E-state index contributed by atoms with van der Waals surface area (Å²) in [6.07, 6.45) is -0.487. The Morgan fingerprint density at radius 2 is 2.10 bits per heavy atom. The zero-order chi connectivity index (χ0) is 16.0. The van der Waals surface area contributed by atoms with Crippen molar-refractivity contribution in [1.82, 2.24) is 0 Å². The third-order valence-corrected chi connectivity index (χ3v) is 7.09. The standard InChI is InChI=1S/C12H13BrClNO5S/c1-7-3-2-4-15(7,12(17)18)21(19,20)10-6-8(14)5-9(13)11(10)16/h5-7H,2-4H2,1H3,(H-,16,17,18)/p+1/t7-,15?/m1/s1. The molecule has 1 aromatic carbocycles. The molecule has 116 valence electrons. The third kappa shape index (κ3) is 2.34. The largest absolute Gasteiger partial charge is 0.529 e. The van der Waals surface area contributed by atoms with E-state index in [0.29, 0.717) is 12.8 Å². The molecule has 6 nitrogen and oxygen atoms in total. The number of amides is 1. The van der Waals surface area contributed by atoms with Crippen LogP contribution in [0.2, 0.25) is 5.02 Å². The SMILES string of the molecule is C[C@@H]1CCC[N+]1(C(=O)O)S(=O)(=O)c1cc(Cl)cc(Br)c1O. The van der Waals surface area contributed by atoms with Gasteiger partial charge in [0.1, 0.15) is 12.6 Å². The summed E-state index contributed by atoms with van der Waals surface area (Å²) in [5, 5.41) is 19.6. The number of benzene rings is 1. The minimum absolute atomic E-state index is 0.0393. The summed E-state index contributed by atoms with van der Waals surface area (Å²) in [7, 11) is -4.35. The van der Waals surface area contributed by atoms with Gasteiger partial charge in [0, 0.05) is 17.9 Å². The van der Waals surface area contributed by atoms with Gasteiger partial charge in [0.05, 0.1) is 4.47 Å². The van der Waals surface area contributed by atoms with E-state index in [-0.39, 0.29) is 16.0 Å². The van der Waals surface area contributed by atoms with Crippen LogP contribution in [0, 0.1) is 0 Å². The van der Waals surface area contributed by atoms with Crippen LogP contribution in [0.15, 0.2) is 21.5 Å². The van der Waals surface area contributed by atoms with Crippen molar-refractivity contribution in [2.45, 2.75) is 30.7 Å². The molecule has 1 aromatic rings. The average Bonchev–Trinajstić information content (AvgIpc) is 2.76. The maximum Gasteiger partial charge on any atom is 0.529 e. The maximum atomic E-state index is 12.9. The van der Waals surface area contributed by atoms with Crippen LogP contribution in [0.4, 0.5) is 4.79 Å². The molecule has 0 aliphatic carbocycles. The second kappa shape index (κ2) is 5.42. The lowest BCUT2D eigenvalue weighted by atomic mass is 10.2. The molecule has 0 bridgehead atoms. The van der Waals surface area contributed by atoms with Crippen LogP contribution in [0.25, 0.3) is 0 Å². The molecule has 1 aliphatic heterocycles. The Hall–Kier alpha value is -0.830. The summed E-state index contributed by atoms with van der Waals surface area (Å²) < 4.78 is 24.8. The Labute approximate surface area is 135 Å². The molecule has 0 spiro atoms. The van der Waals surface area contributed by atoms with E-state index in [0.717, 1.165) is 6.07 Å². The fraction of sp³-hybridized carbons (Fsp3) is 0.417. The zero-order valence-electron chi connectivity index (χ0n) is 11.1. The molecule has 0 aromatic heterocycles. The third-order valence-electron chi connectivity index (χ3n) is 3.85. The first-order valence-electron chi connectivity index (χ1n) is 6.19. The molecular formula is C12H14BrClNO5S+. The van der Waals surface area contributed by atoms with Crippen molar-refractivity contribution in [3.63, 3.8) is 0 Å². The highest BCUT2D eigenvalue weighted by atomic mass is 79.9. The summed E-state index contributed by atoms with van der Waals surface area (Å²) >= 11 is 8.85. The number of hydrogen-bond donors (Lipinski definition) is 2. The van der Waals surface area contributed by atoms with Gasteiger partial charge in [0.2, 0.25) is 0 Å². The predicted molar refractivity (Wildman–Crippen MR) is 79.9 cm³/mol. The molecule has 1 amide bonds. The zero-order valence-corrected chi connectivity index (χ0v) is 14.2. The summed E-state index contributed by atoms with van der Waals surface area (Å²) in [6, 6.07) is 1.81. The molecule has 21 heavy (non-hydrogen) atoms. The van der Waals surface area contributed by atoms with Crippen LogP contribution in [0.5, 0.6) is 5.75 Å². The Morgan fingerprint density at radius 3 is 2.57 bits per heavy atom. The van der Waals surface area contributed by atoms with Crippen LogP contribution in [-0.4, -0.2) is 41.2 Å². The van der Waals surface area contributed by atoms with Crippen molar-refractivity contribution in [3.8, 4) is 5.75 Å². The average molecular weight is 400 g/mol. The van der Waals surface area contributed by atoms with Crippen molar-refractivity contribution < 1.29 is 27.3 Å². The van der Waals surface area contributed by atoms with Crippen molar-refractivity contribution in [2.75, 3.05) is 6.54 Å². The number of halogens is 2. The first kappa shape index (κ1) is 16.5. The molecule has 0 saturated carbocycles. The summed E-state index contributed by atoms with van der Waals surface area (Å²) in [5.74, 6) is -0.530. The number of rotatable bonds is 2. The Morgan fingerprint density at radius 1 is 1.48 bits per heavy atom. The van der Waals surface area contributed by atoms with Gasteiger partial charge in [-0.25, -0.2) is 0 Å². The molecule has 1 saturated heterocycles. The van der Waals surface area contributed by atoms with E-state index >= 15 is 0 Å². The molecule has 1 fully saturated rings. The fourth-order valence-electron chi connectivity index (χ4n) is 2.71. The minimum Gasteiger partial charge on any atom is -0.505 e. The van der Waals surface area contributed by atoms with Crippen LogP contribution in [0.3, 0.4) is 0 Å². The van der Waals surface area contributed by atoms with Gasteiger partial charge in [-0.2, -0.15) is 13.2 Å². The number of sulfonamides is 1. The second-order valence-corrected chi connectivity index (χ2v) is 8.33. The van der Waals surface area contributed by atoms with Gasteiger partial charge in [-0.15, -0.1) is 3.89 Å². The first-order chi connectivity index (χ1) is 9.64. The summed E-state index contributed by atoms with van der Waals surface area (Å²) in [5.41, 5.74) is 0. The summed E-state index contributed by atoms with van der Waals surface area (Å²) in [6.45, 7) is 1.54. The van der Waals surface area contributed by atoms with Gasteiger partial charge >= 0.3 is 16.1 Å². The molecule has 1 unspecified atom stereocenters. The number of carbonyl (C=O) groups is 1. The number of likely N-dealkylation sites (tertiary alicyclic amines) is 1. The smallest absolute Gasteiger partial charge is 0.505 e. The van der Waals surface area contributed by atoms with Gasteiger partial charge in [-0.1, -0.05) is 11.6 Å². The highest BCUT2D eigenvalue weighted by Gasteiger charge is 2.58.